The van der Waals surface area contributed by atoms with E-state index in [0.29, 0.717) is 17.8 Å². The lowest BCUT2D eigenvalue weighted by Crippen LogP contribution is -2.09. The quantitative estimate of drug-likeness (QED) is 0.383. The summed E-state index contributed by atoms with van der Waals surface area (Å²) in [4.78, 5) is 12.6. The van der Waals surface area contributed by atoms with Gasteiger partial charge in [0.1, 0.15) is 5.56 Å². The molecule has 170 valence electrons. The molecule has 0 aliphatic rings. The molecule has 1 N–H and O–H groups in total. The highest BCUT2D eigenvalue weighted by Gasteiger charge is 2.23. The molecule has 0 amide bonds. The molecule has 8 heteroatoms. The van der Waals surface area contributed by atoms with Crippen LogP contribution in [-0.2, 0) is 24.1 Å². The fourth-order valence-corrected chi connectivity index (χ4v) is 4.07. The molecule has 33 heavy (non-hydrogen) atoms. The van der Waals surface area contributed by atoms with Gasteiger partial charge in [0.2, 0.25) is 5.82 Å². The summed E-state index contributed by atoms with van der Waals surface area (Å²) in [6, 6.07) is 16.2. The van der Waals surface area contributed by atoms with Crippen LogP contribution in [-0.4, -0.2) is 43.5 Å². The van der Waals surface area contributed by atoms with E-state index >= 15 is 0 Å². The number of carbonyl (C=O) groups is 1. The number of H-pyrrole nitrogens is 1. The van der Waals surface area contributed by atoms with Crippen molar-refractivity contribution in [2.75, 3.05) is 7.11 Å². The number of aryl methyl sites for hydroxylation is 1. The maximum absolute atomic E-state index is 12.6. The van der Waals surface area contributed by atoms with Crippen molar-refractivity contribution in [3.8, 4) is 22.5 Å². The van der Waals surface area contributed by atoms with E-state index in [1.807, 2.05) is 35.9 Å². The van der Waals surface area contributed by atoms with E-state index in [4.69, 9.17) is 9.84 Å². The van der Waals surface area contributed by atoms with Crippen molar-refractivity contribution < 1.29 is 9.53 Å². The lowest BCUT2D eigenvalue weighted by molar-refractivity contribution is 0.0598. The van der Waals surface area contributed by atoms with E-state index in [1.54, 1.807) is 0 Å². The zero-order chi connectivity index (χ0) is 23.2. The second-order valence-electron chi connectivity index (χ2n) is 7.84. The van der Waals surface area contributed by atoms with Gasteiger partial charge in [0, 0.05) is 18.5 Å². The van der Waals surface area contributed by atoms with Gasteiger partial charge >= 0.3 is 5.97 Å². The molecule has 4 aromatic rings. The molecule has 0 spiro atoms. The lowest BCUT2D eigenvalue weighted by Gasteiger charge is -2.08. The Morgan fingerprint density at radius 3 is 2.45 bits per heavy atom. The van der Waals surface area contributed by atoms with Crippen LogP contribution in [0.3, 0.4) is 0 Å². The maximum Gasteiger partial charge on any atom is 0.341 e. The number of nitrogens with one attached hydrogen (secondary N) is 1. The summed E-state index contributed by atoms with van der Waals surface area (Å²) >= 11 is 0. The summed E-state index contributed by atoms with van der Waals surface area (Å²) < 4.78 is 7.06. The van der Waals surface area contributed by atoms with E-state index in [2.05, 4.69) is 51.8 Å². The van der Waals surface area contributed by atoms with Gasteiger partial charge in [-0.05, 0) is 34.7 Å². The standard InChI is InChI=1S/C25H28N6O2/c1-4-6-15-31-22(5-2)23(25(32)33-3)21(28-31)16-17-11-13-18(14-12-17)19-9-7-8-10-20(19)24-26-29-30-27-24/h7-14H,4-6,15-16H2,1-3H3,(H,26,27,29,30). The maximum atomic E-state index is 12.6. The first-order valence-electron chi connectivity index (χ1n) is 11.2. The number of rotatable bonds is 9. The van der Waals surface area contributed by atoms with Gasteiger partial charge in [-0.15, -0.1) is 10.2 Å². The van der Waals surface area contributed by atoms with Gasteiger partial charge < -0.3 is 4.74 Å². The molecular formula is C25H28N6O2. The number of methoxy groups -OCH3 is 1. The molecule has 0 saturated heterocycles. The number of hydrogen-bond acceptors (Lipinski definition) is 6. The molecule has 0 fully saturated rings. The molecule has 0 aliphatic heterocycles. The van der Waals surface area contributed by atoms with Crippen LogP contribution in [0.5, 0.6) is 0 Å². The largest absolute Gasteiger partial charge is 0.465 e. The second-order valence-corrected chi connectivity index (χ2v) is 7.84. The van der Waals surface area contributed by atoms with Crippen LogP contribution in [0.1, 0.15) is 54.0 Å². The summed E-state index contributed by atoms with van der Waals surface area (Å²) in [6.07, 6.45) is 3.37. The smallest absolute Gasteiger partial charge is 0.341 e. The molecule has 0 radical (unpaired) electrons. The number of esters is 1. The highest BCUT2D eigenvalue weighted by atomic mass is 16.5. The fourth-order valence-electron chi connectivity index (χ4n) is 4.07. The van der Waals surface area contributed by atoms with Crippen molar-refractivity contribution in [1.29, 1.82) is 0 Å². The Labute approximate surface area is 193 Å². The van der Waals surface area contributed by atoms with Gasteiger partial charge in [0.25, 0.3) is 0 Å². The molecule has 0 bridgehead atoms. The third-order valence-electron chi connectivity index (χ3n) is 5.73. The molecule has 0 aliphatic carbocycles. The van der Waals surface area contributed by atoms with Crippen LogP contribution in [0.4, 0.5) is 0 Å². The van der Waals surface area contributed by atoms with Gasteiger partial charge in [-0.25, -0.2) is 4.79 Å². The highest BCUT2D eigenvalue weighted by Crippen LogP contribution is 2.30. The number of carbonyl (C=O) groups excluding carboxylic acids is 1. The summed E-state index contributed by atoms with van der Waals surface area (Å²) in [5.74, 6) is 0.234. The summed E-state index contributed by atoms with van der Waals surface area (Å²) in [7, 11) is 1.42. The number of nitrogens with zero attached hydrogens (tertiary/aromatic N) is 5. The minimum atomic E-state index is -0.324. The molecular weight excluding hydrogens is 416 g/mol. The van der Waals surface area contributed by atoms with Crippen LogP contribution < -0.4 is 0 Å². The molecule has 8 nitrogen and oxygen atoms in total. The number of benzene rings is 2. The van der Waals surface area contributed by atoms with E-state index in [9.17, 15) is 4.79 Å². The summed E-state index contributed by atoms with van der Waals surface area (Å²) in [5, 5.41) is 19.2. The molecule has 4 rings (SSSR count). The van der Waals surface area contributed by atoms with Crippen LogP contribution in [0.2, 0.25) is 0 Å². The molecule has 2 aromatic heterocycles. The molecule has 2 heterocycles. The lowest BCUT2D eigenvalue weighted by atomic mass is 9.97. The first kappa shape index (κ1) is 22.4. The number of aromatic amines is 1. The third-order valence-corrected chi connectivity index (χ3v) is 5.73. The molecule has 0 saturated carbocycles. The highest BCUT2D eigenvalue weighted by molar-refractivity contribution is 5.92. The average molecular weight is 445 g/mol. The fraction of sp³-hybridized carbons (Fsp3) is 0.320. The van der Waals surface area contributed by atoms with E-state index < -0.39 is 0 Å². The van der Waals surface area contributed by atoms with Crippen molar-refractivity contribution in [2.45, 2.75) is 46.1 Å². The number of tetrazole rings is 1. The van der Waals surface area contributed by atoms with Crippen molar-refractivity contribution in [1.82, 2.24) is 30.4 Å². The van der Waals surface area contributed by atoms with Gasteiger partial charge in [0.15, 0.2) is 0 Å². The van der Waals surface area contributed by atoms with Crippen molar-refractivity contribution >= 4 is 5.97 Å². The van der Waals surface area contributed by atoms with Gasteiger partial charge in [0.05, 0.1) is 18.5 Å². The first-order chi connectivity index (χ1) is 16.2. The number of hydrogen-bond donors (Lipinski definition) is 1. The monoisotopic (exact) mass is 444 g/mol. The Morgan fingerprint density at radius 1 is 1.06 bits per heavy atom. The van der Waals surface area contributed by atoms with E-state index in [0.717, 1.165) is 59.4 Å². The second kappa shape index (κ2) is 10.2. The van der Waals surface area contributed by atoms with Crippen LogP contribution in [0.15, 0.2) is 48.5 Å². The Hall–Kier alpha value is -3.81. The predicted octanol–water partition coefficient (Wildman–Crippen LogP) is 4.47. The topological polar surface area (TPSA) is 98.6 Å². The Kier molecular flexibility index (Phi) is 6.92. The van der Waals surface area contributed by atoms with Crippen molar-refractivity contribution in [3.05, 3.63) is 71.0 Å². The van der Waals surface area contributed by atoms with Gasteiger partial charge in [-0.3, -0.25) is 4.68 Å². The molecule has 2 aromatic carbocycles. The van der Waals surface area contributed by atoms with Crippen LogP contribution >= 0.6 is 0 Å². The van der Waals surface area contributed by atoms with E-state index in [1.165, 1.54) is 7.11 Å². The Morgan fingerprint density at radius 2 is 1.82 bits per heavy atom. The molecule has 0 atom stereocenters. The van der Waals surface area contributed by atoms with E-state index in [-0.39, 0.29) is 5.97 Å². The zero-order valence-electron chi connectivity index (χ0n) is 19.2. The Balaban J connectivity index is 1.64. The normalized spacial score (nSPS) is 11.0. The summed E-state index contributed by atoms with van der Waals surface area (Å²) in [5.41, 5.74) is 6.36. The van der Waals surface area contributed by atoms with Crippen LogP contribution in [0, 0.1) is 0 Å². The van der Waals surface area contributed by atoms with Gasteiger partial charge in [-0.2, -0.15) is 10.3 Å². The number of aromatic nitrogens is 6. The summed E-state index contributed by atoms with van der Waals surface area (Å²) in [6.45, 7) is 5.00. The SMILES string of the molecule is CCCCn1nc(Cc2ccc(-c3ccccc3-c3nn[nH]n3)cc2)c(C(=O)OC)c1CC. The predicted molar refractivity (Wildman–Crippen MR) is 126 cm³/mol. The Bertz CT molecular complexity index is 1210. The average Bonchev–Trinajstić information content (AvgIpc) is 3.51. The first-order valence-corrected chi connectivity index (χ1v) is 11.2. The minimum Gasteiger partial charge on any atom is -0.465 e. The van der Waals surface area contributed by atoms with Gasteiger partial charge in [-0.1, -0.05) is 68.8 Å². The third kappa shape index (κ3) is 4.69. The van der Waals surface area contributed by atoms with Crippen LogP contribution in [0.25, 0.3) is 22.5 Å². The van der Waals surface area contributed by atoms with Crippen molar-refractivity contribution in [2.24, 2.45) is 0 Å². The number of unbranched alkanes of at least 4 members (excludes halogenated alkanes) is 1. The number of ether oxygens (including phenoxy) is 1. The minimum absolute atomic E-state index is 0.324. The zero-order valence-corrected chi connectivity index (χ0v) is 19.2. The van der Waals surface area contributed by atoms with Crippen molar-refractivity contribution in [3.63, 3.8) is 0 Å². The molecule has 0 unspecified atom stereocenters.